The highest BCUT2D eigenvalue weighted by atomic mass is 35.5. The van der Waals surface area contributed by atoms with Gasteiger partial charge < -0.3 is 14.4 Å². The normalized spacial score (nSPS) is 16.9. The molecule has 1 aliphatic rings. The Morgan fingerprint density at radius 1 is 1.33 bits per heavy atom. The van der Waals surface area contributed by atoms with E-state index >= 15 is 0 Å². The van der Waals surface area contributed by atoms with Gasteiger partial charge in [0.1, 0.15) is 5.75 Å². The van der Waals surface area contributed by atoms with E-state index < -0.39 is 8.07 Å². The van der Waals surface area contributed by atoms with Crippen LogP contribution in [0.4, 0.5) is 5.69 Å². The summed E-state index contributed by atoms with van der Waals surface area (Å²) in [5, 5.41) is 5.26. The van der Waals surface area contributed by atoms with E-state index in [1.54, 1.807) is 23.1 Å². The molecule has 0 aliphatic carbocycles. The minimum Gasteiger partial charge on any atom is -0.467 e. The number of hydrogen-bond donors (Lipinski definition) is 0. The molecule has 1 aromatic heterocycles. The lowest BCUT2D eigenvalue weighted by atomic mass is 9.97. The minimum atomic E-state index is -1.14. The summed E-state index contributed by atoms with van der Waals surface area (Å²) in [7, 11) is -1.14. The van der Waals surface area contributed by atoms with Gasteiger partial charge >= 0.3 is 0 Å². The molecule has 0 saturated carbocycles. The van der Waals surface area contributed by atoms with Crippen molar-refractivity contribution in [3.63, 3.8) is 0 Å². The molecule has 162 valence electrons. The average Bonchev–Trinajstić information content (AvgIpc) is 3.29. The van der Waals surface area contributed by atoms with Crippen molar-refractivity contribution < 1.29 is 9.47 Å². The van der Waals surface area contributed by atoms with Gasteiger partial charge in [-0.15, -0.1) is 0 Å². The summed E-state index contributed by atoms with van der Waals surface area (Å²) in [6.45, 7) is 12.2. The SMILES string of the molecule is C=Cn1cc(N2CC(c3c(OCOCC[Si](C)(C)C)ccc(Cl)c3Cl)CC2=S)cn1. The van der Waals surface area contributed by atoms with Gasteiger partial charge in [0.2, 0.25) is 0 Å². The molecular formula is C21H27Cl2N3O2SSi. The summed E-state index contributed by atoms with van der Waals surface area (Å²) in [4.78, 5) is 2.90. The Kier molecular flexibility index (Phi) is 7.63. The van der Waals surface area contributed by atoms with Crippen LogP contribution in [0.15, 0.2) is 31.1 Å². The summed E-state index contributed by atoms with van der Waals surface area (Å²) in [6, 6.07) is 4.70. The fourth-order valence-electron chi connectivity index (χ4n) is 3.32. The first kappa shape index (κ1) is 23.3. The van der Waals surface area contributed by atoms with Gasteiger partial charge in [-0.3, -0.25) is 0 Å². The molecule has 0 N–H and O–H groups in total. The number of hydrogen-bond acceptors (Lipinski definition) is 4. The lowest BCUT2D eigenvalue weighted by Gasteiger charge is -2.20. The monoisotopic (exact) mass is 483 g/mol. The number of nitrogens with zero attached hydrogens (tertiary/aromatic N) is 3. The van der Waals surface area contributed by atoms with Crippen LogP contribution in [0.2, 0.25) is 35.7 Å². The number of rotatable bonds is 9. The number of anilines is 1. The second-order valence-electron chi connectivity index (χ2n) is 8.52. The smallest absolute Gasteiger partial charge is 0.189 e. The van der Waals surface area contributed by atoms with E-state index in [-0.39, 0.29) is 12.7 Å². The number of halogens is 2. The molecule has 1 fully saturated rings. The summed E-state index contributed by atoms with van der Waals surface area (Å²) in [6.07, 6.45) is 5.99. The highest BCUT2D eigenvalue weighted by molar-refractivity contribution is 7.80. The second-order valence-corrected chi connectivity index (χ2v) is 15.4. The fraction of sp³-hybridized carbons (Fsp3) is 0.429. The lowest BCUT2D eigenvalue weighted by Crippen LogP contribution is -2.23. The highest BCUT2D eigenvalue weighted by Crippen LogP contribution is 2.43. The van der Waals surface area contributed by atoms with Crippen LogP contribution in [0.25, 0.3) is 6.20 Å². The predicted molar refractivity (Wildman–Crippen MR) is 132 cm³/mol. The Balaban J connectivity index is 1.73. The van der Waals surface area contributed by atoms with Crippen molar-refractivity contribution in [3.8, 4) is 5.75 Å². The molecule has 1 saturated heterocycles. The molecular weight excluding hydrogens is 457 g/mol. The zero-order valence-electron chi connectivity index (χ0n) is 17.5. The molecule has 2 aromatic rings. The molecule has 5 nitrogen and oxygen atoms in total. The maximum atomic E-state index is 6.61. The van der Waals surface area contributed by atoms with E-state index in [0.717, 1.165) is 22.3 Å². The van der Waals surface area contributed by atoms with Gasteiger partial charge in [-0.25, -0.2) is 4.68 Å². The van der Waals surface area contributed by atoms with Crippen molar-refractivity contribution in [1.82, 2.24) is 9.78 Å². The molecule has 30 heavy (non-hydrogen) atoms. The van der Waals surface area contributed by atoms with Crippen LogP contribution in [-0.2, 0) is 4.74 Å². The van der Waals surface area contributed by atoms with E-state index in [9.17, 15) is 0 Å². The number of aromatic nitrogens is 2. The molecule has 2 heterocycles. The van der Waals surface area contributed by atoms with Crippen LogP contribution in [0.1, 0.15) is 17.9 Å². The van der Waals surface area contributed by atoms with E-state index in [1.807, 2.05) is 12.3 Å². The van der Waals surface area contributed by atoms with Crippen molar-refractivity contribution >= 4 is 60.4 Å². The fourth-order valence-corrected chi connectivity index (χ4v) is 4.93. The van der Waals surface area contributed by atoms with Crippen molar-refractivity contribution in [3.05, 3.63) is 46.7 Å². The molecule has 1 atom stereocenters. The van der Waals surface area contributed by atoms with Crippen LogP contribution >= 0.6 is 35.4 Å². The van der Waals surface area contributed by atoms with Crippen LogP contribution in [0, 0.1) is 0 Å². The van der Waals surface area contributed by atoms with E-state index in [0.29, 0.717) is 35.4 Å². The molecule has 3 rings (SSSR count). The summed E-state index contributed by atoms with van der Waals surface area (Å²) in [5.74, 6) is 0.751. The first-order valence-electron chi connectivity index (χ1n) is 9.85. The van der Waals surface area contributed by atoms with Gasteiger partial charge in [-0.05, 0) is 18.2 Å². The quantitative estimate of drug-likeness (QED) is 0.181. The number of benzene rings is 1. The first-order chi connectivity index (χ1) is 14.2. The number of thiocarbonyl (C=S) groups is 1. The maximum Gasteiger partial charge on any atom is 0.189 e. The van der Waals surface area contributed by atoms with Crippen molar-refractivity contribution in [2.75, 3.05) is 24.8 Å². The van der Waals surface area contributed by atoms with Crippen molar-refractivity contribution in [2.24, 2.45) is 0 Å². The topological polar surface area (TPSA) is 39.5 Å². The molecule has 9 heteroatoms. The van der Waals surface area contributed by atoms with E-state index in [2.05, 4.69) is 36.2 Å². The first-order valence-corrected chi connectivity index (χ1v) is 14.7. The van der Waals surface area contributed by atoms with Gasteiger partial charge in [-0.1, -0.05) is 61.6 Å². The molecule has 0 amide bonds. The zero-order valence-corrected chi connectivity index (χ0v) is 20.9. The molecule has 0 spiro atoms. The zero-order chi connectivity index (χ0) is 21.9. The minimum absolute atomic E-state index is 0.0627. The lowest BCUT2D eigenvalue weighted by molar-refractivity contribution is 0.0213. The third-order valence-corrected chi connectivity index (χ3v) is 7.92. The van der Waals surface area contributed by atoms with Crippen LogP contribution < -0.4 is 9.64 Å². The highest BCUT2D eigenvalue weighted by Gasteiger charge is 2.33. The second kappa shape index (κ2) is 9.83. The van der Waals surface area contributed by atoms with Crippen molar-refractivity contribution in [2.45, 2.75) is 38.0 Å². The summed E-state index contributed by atoms with van der Waals surface area (Å²) >= 11 is 18.6. The molecule has 1 aliphatic heterocycles. The molecule has 0 bridgehead atoms. The average molecular weight is 485 g/mol. The van der Waals surface area contributed by atoms with Crippen LogP contribution in [0.5, 0.6) is 5.75 Å². The molecule has 0 radical (unpaired) electrons. The van der Waals surface area contributed by atoms with Gasteiger partial charge in [0.25, 0.3) is 0 Å². The Bertz CT molecular complexity index is 929. The predicted octanol–water partition coefficient (Wildman–Crippen LogP) is 6.30. The number of ether oxygens (including phenoxy) is 2. The van der Waals surface area contributed by atoms with E-state index in [1.165, 1.54) is 0 Å². The van der Waals surface area contributed by atoms with Crippen LogP contribution in [0.3, 0.4) is 0 Å². The summed E-state index contributed by atoms with van der Waals surface area (Å²) in [5.41, 5.74) is 1.80. The Morgan fingerprint density at radius 2 is 2.10 bits per heavy atom. The third kappa shape index (κ3) is 5.65. The largest absolute Gasteiger partial charge is 0.467 e. The Hall–Kier alpha value is -1.38. The summed E-state index contributed by atoms with van der Waals surface area (Å²) < 4.78 is 13.3. The van der Waals surface area contributed by atoms with Crippen LogP contribution in [-0.4, -0.2) is 42.8 Å². The molecule has 1 unspecified atom stereocenters. The third-order valence-electron chi connectivity index (χ3n) is 5.01. The van der Waals surface area contributed by atoms with E-state index in [4.69, 9.17) is 44.9 Å². The van der Waals surface area contributed by atoms with Gasteiger partial charge in [0, 0.05) is 45.3 Å². The molecule has 1 aromatic carbocycles. The standard InChI is InChI=1S/C21H27Cl2N3O2SSi/c1-5-25-13-16(11-24-25)26-12-15(10-19(26)29)20-18(7-6-17(22)21(20)23)28-14-27-8-9-30(2,3)4/h5-7,11,13,15H,1,8-10,12,14H2,2-4H3. The Labute approximate surface area is 194 Å². The van der Waals surface area contributed by atoms with Gasteiger partial charge in [0.15, 0.2) is 6.79 Å². The van der Waals surface area contributed by atoms with Gasteiger partial charge in [-0.2, -0.15) is 5.10 Å². The Morgan fingerprint density at radius 3 is 2.77 bits per heavy atom. The maximum absolute atomic E-state index is 6.61. The van der Waals surface area contributed by atoms with Gasteiger partial charge in [0.05, 0.1) is 33.1 Å². The van der Waals surface area contributed by atoms with Crippen molar-refractivity contribution in [1.29, 1.82) is 0 Å².